The predicted octanol–water partition coefficient (Wildman–Crippen LogP) is 6.74. The number of rotatable bonds is 3. The van der Waals surface area contributed by atoms with Gasteiger partial charge < -0.3 is 9.64 Å². The van der Waals surface area contributed by atoms with Crippen LogP contribution < -0.4 is 0 Å². The summed E-state index contributed by atoms with van der Waals surface area (Å²) in [5.41, 5.74) is 1.84. The maximum absolute atomic E-state index is 13.7. The molecule has 2 heterocycles. The van der Waals surface area contributed by atoms with Crippen molar-refractivity contribution in [3.8, 4) is 0 Å². The van der Waals surface area contributed by atoms with Gasteiger partial charge in [-0.1, -0.05) is 35.0 Å². The Labute approximate surface area is 206 Å². The summed E-state index contributed by atoms with van der Waals surface area (Å²) in [5.74, 6) is 0. The van der Waals surface area contributed by atoms with Crippen molar-refractivity contribution in [2.45, 2.75) is 51.9 Å². The van der Waals surface area contributed by atoms with Gasteiger partial charge in [0.25, 0.3) is 0 Å². The van der Waals surface area contributed by atoms with Crippen LogP contribution >= 0.6 is 11.6 Å². The highest BCUT2D eigenvalue weighted by Gasteiger charge is 2.35. The molecule has 0 saturated carbocycles. The van der Waals surface area contributed by atoms with E-state index < -0.39 is 23.4 Å². The summed E-state index contributed by atoms with van der Waals surface area (Å²) in [4.78, 5) is 14.0. The number of hydrogen-bond donors (Lipinski definition) is 0. The molecule has 1 aromatic heterocycles. The third-order valence-electron chi connectivity index (χ3n) is 5.84. The van der Waals surface area contributed by atoms with E-state index in [0.29, 0.717) is 30.5 Å². The minimum absolute atomic E-state index is 0.0173. The lowest BCUT2D eigenvalue weighted by atomic mass is 9.98. The molecule has 1 aliphatic heterocycles. The van der Waals surface area contributed by atoms with Crippen molar-refractivity contribution in [3.05, 3.63) is 64.2 Å². The van der Waals surface area contributed by atoms with Crippen LogP contribution in [0.25, 0.3) is 16.6 Å². The Kier molecular flexibility index (Phi) is 6.57. The van der Waals surface area contributed by atoms with E-state index in [1.165, 1.54) is 16.8 Å². The van der Waals surface area contributed by atoms with E-state index in [2.05, 4.69) is 10.3 Å². The monoisotopic (exact) mass is 506 g/mol. The molecule has 3 aromatic rings. The van der Waals surface area contributed by atoms with Crippen molar-refractivity contribution in [1.82, 2.24) is 19.9 Å². The van der Waals surface area contributed by atoms with Gasteiger partial charge in [-0.25, -0.2) is 9.48 Å². The lowest BCUT2D eigenvalue weighted by Crippen LogP contribution is -2.39. The number of amides is 1. The first-order valence-corrected chi connectivity index (χ1v) is 11.6. The Morgan fingerprint density at radius 3 is 2.51 bits per heavy atom. The summed E-state index contributed by atoms with van der Waals surface area (Å²) < 4.78 is 48.0. The topological polar surface area (TPSA) is 60.2 Å². The molecule has 1 amide bonds. The molecule has 0 saturated heterocycles. The number of alkyl halides is 3. The number of carbonyl (C=O) groups excluding carboxylic acids is 1. The maximum Gasteiger partial charge on any atom is 0.416 e. The average Bonchev–Trinajstić information content (AvgIpc) is 3.20. The van der Waals surface area contributed by atoms with Crippen molar-refractivity contribution < 1.29 is 22.7 Å². The number of nitrogens with zero attached hydrogens (tertiary/aromatic N) is 4. The van der Waals surface area contributed by atoms with E-state index in [0.717, 1.165) is 17.2 Å². The number of ether oxygens (including phenoxy) is 1. The molecule has 0 unspecified atom stereocenters. The summed E-state index contributed by atoms with van der Waals surface area (Å²) in [6.45, 7) is 8.04. The van der Waals surface area contributed by atoms with Crippen LogP contribution in [0.3, 0.4) is 0 Å². The van der Waals surface area contributed by atoms with E-state index in [9.17, 15) is 18.0 Å². The van der Waals surface area contributed by atoms with Crippen LogP contribution in [0.2, 0.25) is 5.02 Å². The summed E-state index contributed by atoms with van der Waals surface area (Å²) in [6, 6.07) is 8.61. The van der Waals surface area contributed by atoms with Gasteiger partial charge in [0.1, 0.15) is 11.1 Å². The van der Waals surface area contributed by atoms with Gasteiger partial charge in [0.05, 0.1) is 17.1 Å². The van der Waals surface area contributed by atoms with E-state index in [1.807, 2.05) is 39.0 Å². The van der Waals surface area contributed by atoms with Gasteiger partial charge in [0.15, 0.2) is 0 Å². The van der Waals surface area contributed by atoms with Crippen LogP contribution in [0.1, 0.15) is 56.8 Å². The smallest absolute Gasteiger partial charge is 0.416 e. The molecular weight excluding hydrogens is 481 g/mol. The number of fused-ring (bicyclic) bond motifs is 1. The first-order valence-electron chi connectivity index (χ1n) is 11.2. The molecule has 0 radical (unpaired) electrons. The van der Waals surface area contributed by atoms with Crippen molar-refractivity contribution in [1.29, 1.82) is 0 Å². The van der Waals surface area contributed by atoms with Gasteiger partial charge >= 0.3 is 12.3 Å². The van der Waals surface area contributed by atoms with Crippen LogP contribution in [-0.2, 0) is 10.9 Å². The third-order valence-corrected chi connectivity index (χ3v) is 6.08. The van der Waals surface area contributed by atoms with Crippen molar-refractivity contribution in [3.63, 3.8) is 0 Å². The zero-order chi connectivity index (χ0) is 25.5. The minimum atomic E-state index is -4.55. The Balaban J connectivity index is 1.63. The number of carbonyl (C=O) groups is 1. The van der Waals surface area contributed by atoms with E-state index >= 15 is 0 Å². The second kappa shape index (κ2) is 9.18. The molecule has 0 bridgehead atoms. The minimum Gasteiger partial charge on any atom is -0.444 e. The first kappa shape index (κ1) is 25.0. The molecular formula is C25H26ClF3N4O2. The van der Waals surface area contributed by atoms with Gasteiger partial charge in [-0.2, -0.15) is 13.2 Å². The molecule has 0 aliphatic carbocycles. The van der Waals surface area contributed by atoms with Crippen molar-refractivity contribution in [2.75, 3.05) is 13.1 Å². The number of benzene rings is 2. The molecule has 1 atom stereocenters. The molecule has 2 aromatic carbocycles. The second-order valence-electron chi connectivity index (χ2n) is 9.55. The largest absolute Gasteiger partial charge is 0.444 e. The fourth-order valence-electron chi connectivity index (χ4n) is 4.12. The van der Waals surface area contributed by atoms with E-state index in [1.54, 1.807) is 17.9 Å². The van der Waals surface area contributed by atoms with Crippen LogP contribution in [0, 0.1) is 0 Å². The number of hydrogen-bond acceptors (Lipinski definition) is 4. The quantitative estimate of drug-likeness (QED) is 0.395. The highest BCUT2D eigenvalue weighted by molar-refractivity contribution is 6.30. The number of aromatic nitrogens is 3. The van der Waals surface area contributed by atoms with Crippen molar-refractivity contribution in [2.24, 2.45) is 0 Å². The average molecular weight is 507 g/mol. The molecule has 186 valence electrons. The normalized spacial score (nSPS) is 15.8. The Hall–Kier alpha value is -3.07. The molecule has 0 fully saturated rings. The van der Waals surface area contributed by atoms with Gasteiger partial charge in [-0.3, -0.25) is 0 Å². The molecule has 10 heteroatoms. The Bertz CT molecular complexity index is 1290. The van der Waals surface area contributed by atoms with Crippen LogP contribution in [0.4, 0.5) is 18.0 Å². The first-order chi connectivity index (χ1) is 16.3. The molecule has 0 spiro atoms. The van der Waals surface area contributed by atoms with Crippen LogP contribution in [-0.4, -0.2) is 44.7 Å². The van der Waals surface area contributed by atoms with Gasteiger partial charge in [0, 0.05) is 18.1 Å². The molecule has 4 rings (SSSR count). The van der Waals surface area contributed by atoms with Gasteiger partial charge in [-0.15, -0.1) is 5.10 Å². The second-order valence-corrected chi connectivity index (χ2v) is 9.98. The lowest BCUT2D eigenvalue weighted by molar-refractivity contribution is -0.138. The highest BCUT2D eigenvalue weighted by Crippen LogP contribution is 2.38. The predicted molar refractivity (Wildman–Crippen MR) is 128 cm³/mol. The summed E-state index contributed by atoms with van der Waals surface area (Å²) in [5, 5.41) is 8.31. The fraction of sp³-hybridized carbons (Fsp3) is 0.400. The fourth-order valence-corrected chi connectivity index (χ4v) is 4.29. The zero-order valence-corrected chi connectivity index (χ0v) is 20.6. The lowest BCUT2D eigenvalue weighted by Gasteiger charge is -2.29. The summed E-state index contributed by atoms with van der Waals surface area (Å²) in [6.07, 6.45) is -2.32. The highest BCUT2D eigenvalue weighted by atomic mass is 35.5. The summed E-state index contributed by atoms with van der Waals surface area (Å²) in [7, 11) is 0. The molecule has 35 heavy (non-hydrogen) atoms. The SMILES string of the molecule is C[C@H](c1ccc(Cl)cc1C(F)(F)F)n1nnc2ccc(C3=CCN(C(=O)OC(C)(C)C)CC3)cc21. The van der Waals surface area contributed by atoms with E-state index in [4.69, 9.17) is 16.3 Å². The van der Waals surface area contributed by atoms with Crippen LogP contribution in [0.15, 0.2) is 42.5 Å². The zero-order valence-electron chi connectivity index (χ0n) is 19.9. The molecule has 1 aliphatic rings. The number of halogens is 4. The van der Waals surface area contributed by atoms with Gasteiger partial charge in [0.2, 0.25) is 0 Å². The molecule has 6 nitrogen and oxygen atoms in total. The van der Waals surface area contributed by atoms with Crippen molar-refractivity contribution >= 4 is 34.3 Å². The summed E-state index contributed by atoms with van der Waals surface area (Å²) >= 11 is 5.84. The Morgan fingerprint density at radius 1 is 1.14 bits per heavy atom. The third kappa shape index (κ3) is 5.45. The van der Waals surface area contributed by atoms with Crippen LogP contribution in [0.5, 0.6) is 0 Å². The maximum atomic E-state index is 13.7. The van der Waals surface area contributed by atoms with E-state index in [-0.39, 0.29) is 16.7 Å². The molecule has 0 N–H and O–H groups in total. The Morgan fingerprint density at radius 2 is 1.89 bits per heavy atom. The van der Waals surface area contributed by atoms with Gasteiger partial charge in [-0.05, 0) is 75.1 Å². The standard InChI is InChI=1S/C25H26ClF3N4O2/c1-15(19-7-6-18(26)14-20(19)25(27,28)29)33-22-13-17(5-8-21(22)30-31-33)16-9-11-32(12-10-16)23(34)35-24(2,3)4/h5-9,13-15H,10-12H2,1-4H3/t15-/m1/s1.